The van der Waals surface area contributed by atoms with Crippen LogP contribution in [0.25, 0.3) is 0 Å². The second-order valence-electron chi connectivity index (χ2n) is 28.4. The van der Waals surface area contributed by atoms with Crippen LogP contribution in [0.3, 0.4) is 0 Å². The average molecular weight is 1060 g/mol. The fourth-order valence-electron chi connectivity index (χ4n) is 15.7. The highest BCUT2D eigenvalue weighted by Crippen LogP contribution is 2.71. The normalized spacial score (nSPS) is 37.7. The molecule has 2 aliphatic heterocycles. The summed E-state index contributed by atoms with van der Waals surface area (Å²) in [5.41, 5.74) is -3.46. The lowest BCUT2D eigenvalue weighted by Crippen LogP contribution is -2.61. The van der Waals surface area contributed by atoms with Crippen LogP contribution in [0.15, 0.2) is 0 Å². The molecule has 74 heavy (non-hydrogen) atoms. The Bertz CT molecular complexity index is 2020. The van der Waals surface area contributed by atoms with Crippen molar-refractivity contribution < 1.29 is 52.8 Å². The molecule has 11 rings (SSSR count). The number of carbonyl (C=O) groups is 5. The lowest BCUT2D eigenvalue weighted by molar-refractivity contribution is -0.225. The maximum atomic E-state index is 12.7. The van der Waals surface area contributed by atoms with E-state index < -0.39 is 22.0 Å². The van der Waals surface area contributed by atoms with Gasteiger partial charge in [-0.05, 0) is 231 Å². The van der Waals surface area contributed by atoms with Gasteiger partial charge < -0.3 is 28.8 Å². The molecule has 0 aromatic heterocycles. The summed E-state index contributed by atoms with van der Waals surface area (Å²) in [5, 5.41) is 10.6. The number of rotatable bonds is 14. The molecule has 1 N–H and O–H groups in total. The maximum absolute atomic E-state index is 12.7. The Balaban J connectivity index is 0.000000146. The topological polar surface area (TPSA) is 152 Å². The van der Waals surface area contributed by atoms with E-state index in [2.05, 4.69) is 20.8 Å². The van der Waals surface area contributed by atoms with Crippen LogP contribution in [-0.2, 0) is 47.7 Å². The summed E-state index contributed by atoms with van der Waals surface area (Å²) >= 11 is 1.74. The summed E-state index contributed by atoms with van der Waals surface area (Å²) < 4.78 is 29.1. The zero-order valence-electron chi connectivity index (χ0n) is 48.8. The molecule has 11 fully saturated rings. The number of ether oxygens (including phenoxy) is 5. The molecule has 0 spiro atoms. The third kappa shape index (κ3) is 12.0. The van der Waals surface area contributed by atoms with Crippen molar-refractivity contribution in [2.24, 2.45) is 69.0 Å². The molecular formula is C62H102O11S. The van der Waals surface area contributed by atoms with E-state index in [0.29, 0.717) is 30.6 Å². The van der Waals surface area contributed by atoms with Gasteiger partial charge in [0.2, 0.25) is 0 Å². The van der Waals surface area contributed by atoms with Crippen molar-refractivity contribution in [3.63, 3.8) is 0 Å². The summed E-state index contributed by atoms with van der Waals surface area (Å²) in [7, 11) is 0. The summed E-state index contributed by atoms with van der Waals surface area (Å²) in [5.74, 6) is 7.59. The van der Waals surface area contributed by atoms with Gasteiger partial charge in [0.25, 0.3) is 0 Å². The SMILES string of the molecule is CCC(C)(C)C(=O)OC1(CC)CC2CC1C1C3CCC(C3)C21.CCC(C)(C)C(=O)OC12CC3CC(CC(O)(C3)C1)C2.CCC(C)(C)C(=O)OC12CCSCC1OC(=O)C2.CCC1(OC(=O)C(C)(C)CC)CCCC1. The molecule has 2 saturated heterocycles. The fourth-order valence-corrected chi connectivity index (χ4v) is 16.9. The lowest BCUT2D eigenvalue weighted by Gasteiger charge is -2.59. The molecule has 11 unspecified atom stereocenters. The van der Waals surface area contributed by atoms with E-state index in [1.165, 1.54) is 44.9 Å². The van der Waals surface area contributed by atoms with Crippen LogP contribution in [0.2, 0.25) is 0 Å². The summed E-state index contributed by atoms with van der Waals surface area (Å²) in [6.07, 6.45) is 22.9. The van der Waals surface area contributed by atoms with Crippen LogP contribution in [0.1, 0.15) is 245 Å². The van der Waals surface area contributed by atoms with Crippen LogP contribution in [0.5, 0.6) is 0 Å². The summed E-state index contributed by atoms with van der Waals surface area (Å²) in [6, 6.07) is 0. The number of thioether (sulfide) groups is 1. The third-order valence-corrected chi connectivity index (χ3v) is 22.9. The first-order valence-electron chi connectivity index (χ1n) is 30.0. The molecule has 11 aliphatic rings. The van der Waals surface area contributed by atoms with E-state index in [-0.39, 0.29) is 70.0 Å². The number of aliphatic hydroxyl groups is 1. The first-order chi connectivity index (χ1) is 34.5. The van der Waals surface area contributed by atoms with Gasteiger partial charge in [0.1, 0.15) is 16.8 Å². The minimum atomic E-state index is -0.703. The molecular weight excluding hydrogens is 953 g/mol. The Morgan fingerprint density at radius 3 is 1.64 bits per heavy atom. The Morgan fingerprint density at radius 1 is 0.608 bits per heavy atom. The summed E-state index contributed by atoms with van der Waals surface area (Å²) in [6.45, 7) is 28.1. The monoisotopic (exact) mass is 1050 g/mol. The Kier molecular flexibility index (Phi) is 17.7. The number of carbonyl (C=O) groups excluding carboxylic acids is 5. The zero-order valence-corrected chi connectivity index (χ0v) is 49.6. The molecule has 0 amide bonds. The standard InChI is InChI=1S/C20H32O2.C16H26O3.C13H20O4S.C13H24O2/c1-5-19(3,4)18(21)22-20(6-2)11-14-10-15(20)17-13-8-7-12(9-13)16(14)17;1-4-14(2,3)13(17)19-16-8-11-5-12(9-16)7-15(18,6-11)10-16;1-4-12(2,3)11(15)17-13-5-6-18-8-9(13)16-10(14)7-13;1-5-12(3,4)11(14)15-13(6-2)9-7-8-10-13/h12-17H,5-11H2,1-4H3;11-12,18H,4-10H2,1-3H3;9H,4-8H2,1-3H3;5-10H2,1-4H3. The van der Waals surface area contributed by atoms with E-state index in [1.807, 2.05) is 76.2 Å². The van der Waals surface area contributed by atoms with Gasteiger partial charge in [-0.1, -0.05) is 41.5 Å². The molecule has 422 valence electrons. The van der Waals surface area contributed by atoms with Gasteiger partial charge >= 0.3 is 29.8 Å². The van der Waals surface area contributed by atoms with Crippen molar-refractivity contribution in [2.45, 2.75) is 279 Å². The van der Waals surface area contributed by atoms with Crippen LogP contribution < -0.4 is 0 Å². The van der Waals surface area contributed by atoms with E-state index in [1.54, 1.807) is 11.8 Å². The second-order valence-corrected chi connectivity index (χ2v) is 29.5. The quantitative estimate of drug-likeness (QED) is 0.100. The molecule has 11 nitrogen and oxygen atoms in total. The second kappa shape index (κ2) is 22.1. The number of hydrogen-bond acceptors (Lipinski definition) is 12. The predicted octanol–water partition coefficient (Wildman–Crippen LogP) is 13.7. The zero-order chi connectivity index (χ0) is 54.5. The molecule has 2 heterocycles. The first-order valence-corrected chi connectivity index (χ1v) is 31.1. The van der Waals surface area contributed by atoms with Crippen LogP contribution in [-0.4, -0.2) is 80.6 Å². The molecule has 9 saturated carbocycles. The lowest BCUT2D eigenvalue weighted by atomic mass is 9.52. The van der Waals surface area contributed by atoms with Gasteiger partial charge in [-0.25, -0.2) is 0 Å². The largest absolute Gasteiger partial charge is 0.459 e. The minimum Gasteiger partial charge on any atom is -0.459 e. The molecule has 8 bridgehead atoms. The molecule has 0 aromatic rings. The fraction of sp³-hybridized carbons (Fsp3) is 0.919. The third-order valence-electron chi connectivity index (χ3n) is 21.8. The van der Waals surface area contributed by atoms with Crippen molar-refractivity contribution in [3.8, 4) is 0 Å². The van der Waals surface area contributed by atoms with E-state index in [9.17, 15) is 29.1 Å². The average Bonchev–Trinajstić information content (AvgIpc) is 4.22. The highest BCUT2D eigenvalue weighted by atomic mass is 32.2. The van der Waals surface area contributed by atoms with Crippen LogP contribution >= 0.6 is 11.8 Å². The van der Waals surface area contributed by atoms with Gasteiger partial charge in [-0.2, -0.15) is 11.8 Å². The summed E-state index contributed by atoms with van der Waals surface area (Å²) in [4.78, 5) is 60.8. The van der Waals surface area contributed by atoms with Gasteiger partial charge in [-0.15, -0.1) is 0 Å². The highest BCUT2D eigenvalue weighted by Gasteiger charge is 2.68. The van der Waals surface area contributed by atoms with Gasteiger partial charge in [0, 0.05) is 24.5 Å². The van der Waals surface area contributed by atoms with Crippen LogP contribution in [0.4, 0.5) is 0 Å². The van der Waals surface area contributed by atoms with E-state index >= 15 is 0 Å². The smallest absolute Gasteiger partial charge is 0.312 e. The van der Waals surface area contributed by atoms with E-state index in [0.717, 1.165) is 125 Å². The van der Waals surface area contributed by atoms with Crippen molar-refractivity contribution in [1.82, 2.24) is 0 Å². The first kappa shape index (κ1) is 59.3. The molecule has 9 aliphatic carbocycles. The highest BCUT2D eigenvalue weighted by molar-refractivity contribution is 7.99. The van der Waals surface area contributed by atoms with E-state index in [4.69, 9.17) is 23.7 Å². The molecule has 0 radical (unpaired) electrons. The van der Waals surface area contributed by atoms with Crippen molar-refractivity contribution in [2.75, 3.05) is 11.5 Å². The van der Waals surface area contributed by atoms with Gasteiger partial charge in [0.05, 0.1) is 33.7 Å². The maximum Gasteiger partial charge on any atom is 0.312 e. The number of esters is 5. The number of hydrogen-bond donors (Lipinski definition) is 1. The Morgan fingerprint density at radius 2 is 1.12 bits per heavy atom. The molecule has 12 heteroatoms. The number of fused-ring (bicyclic) bond motifs is 10. The van der Waals surface area contributed by atoms with Gasteiger partial charge in [-0.3, -0.25) is 24.0 Å². The van der Waals surface area contributed by atoms with Crippen molar-refractivity contribution >= 4 is 41.6 Å². The Hall–Kier alpha value is -2.34. The Labute approximate surface area is 451 Å². The molecule has 11 atom stereocenters. The minimum absolute atomic E-state index is 0.0197. The van der Waals surface area contributed by atoms with Gasteiger partial charge in [0.15, 0.2) is 11.7 Å². The predicted molar refractivity (Wildman–Crippen MR) is 291 cm³/mol. The van der Waals surface area contributed by atoms with Crippen molar-refractivity contribution in [3.05, 3.63) is 0 Å². The van der Waals surface area contributed by atoms with Crippen LogP contribution in [0, 0.1) is 69.0 Å². The van der Waals surface area contributed by atoms with Crippen molar-refractivity contribution in [1.29, 1.82) is 0 Å². The molecule has 0 aromatic carbocycles.